The molecule has 7 nitrogen and oxygen atoms in total. The standard InChI is InChI=1S/C17H17F2N5O2S/c1-26-14-5-4-13(27-14)16(25)23-6-2-3-10(8-23)11-7-12(15(18)19)24-17(22-11)20-9-21-24/h4-5,7,9-10,15H,2-3,6,8H2,1H3/t10-/m1/s1. The van der Waals surface area contributed by atoms with Crippen molar-refractivity contribution >= 4 is 23.0 Å². The van der Waals surface area contributed by atoms with Crippen LogP contribution in [0.1, 0.15) is 46.2 Å². The summed E-state index contributed by atoms with van der Waals surface area (Å²) in [5.41, 5.74) is 0.283. The number of alkyl halides is 2. The van der Waals surface area contributed by atoms with Crippen molar-refractivity contribution in [3.8, 4) is 5.06 Å². The third-order valence-corrected chi connectivity index (χ3v) is 5.68. The normalized spacial score (nSPS) is 17.6. The lowest BCUT2D eigenvalue weighted by Crippen LogP contribution is -2.39. The van der Waals surface area contributed by atoms with Gasteiger partial charge in [-0.1, -0.05) is 11.3 Å². The van der Waals surface area contributed by atoms with E-state index in [1.807, 2.05) is 0 Å². The van der Waals surface area contributed by atoms with Crippen LogP contribution in [0.2, 0.25) is 0 Å². The van der Waals surface area contributed by atoms with Crippen molar-refractivity contribution in [1.29, 1.82) is 0 Å². The lowest BCUT2D eigenvalue weighted by atomic mass is 9.94. The highest BCUT2D eigenvalue weighted by atomic mass is 32.1. The van der Waals surface area contributed by atoms with Gasteiger partial charge in [0, 0.05) is 19.0 Å². The number of methoxy groups -OCH3 is 1. The fraction of sp³-hybridized carbons (Fsp3) is 0.412. The summed E-state index contributed by atoms with van der Waals surface area (Å²) in [6.45, 7) is 1.06. The maximum atomic E-state index is 13.4. The van der Waals surface area contributed by atoms with Crippen molar-refractivity contribution in [2.75, 3.05) is 20.2 Å². The molecule has 0 bridgehead atoms. The maximum absolute atomic E-state index is 13.4. The number of ether oxygens (including phenoxy) is 1. The van der Waals surface area contributed by atoms with E-state index in [1.165, 1.54) is 23.7 Å². The second-order valence-electron chi connectivity index (χ2n) is 6.29. The number of rotatable bonds is 4. The van der Waals surface area contributed by atoms with Gasteiger partial charge >= 0.3 is 0 Å². The number of likely N-dealkylation sites (tertiary alicyclic amines) is 1. The van der Waals surface area contributed by atoms with Crippen LogP contribution in [0.4, 0.5) is 8.78 Å². The number of hydrogen-bond acceptors (Lipinski definition) is 6. The number of nitrogens with zero attached hydrogens (tertiary/aromatic N) is 5. The summed E-state index contributed by atoms with van der Waals surface area (Å²) < 4.78 is 33.0. The van der Waals surface area contributed by atoms with Crippen LogP contribution in [0.15, 0.2) is 24.5 Å². The number of piperidine rings is 1. The Balaban J connectivity index is 1.59. The monoisotopic (exact) mass is 393 g/mol. The summed E-state index contributed by atoms with van der Waals surface area (Å²) in [6, 6.07) is 4.87. The van der Waals surface area contributed by atoms with Crippen molar-refractivity contribution in [2.45, 2.75) is 25.2 Å². The summed E-state index contributed by atoms with van der Waals surface area (Å²) in [7, 11) is 1.56. The molecule has 0 spiro atoms. The van der Waals surface area contributed by atoms with Gasteiger partial charge in [0.05, 0.1) is 17.7 Å². The molecule has 0 saturated carbocycles. The molecule has 1 aliphatic heterocycles. The first-order valence-corrected chi connectivity index (χ1v) is 9.30. The van der Waals surface area contributed by atoms with Crippen molar-refractivity contribution in [3.63, 3.8) is 0 Å². The molecule has 0 unspecified atom stereocenters. The van der Waals surface area contributed by atoms with E-state index >= 15 is 0 Å². The Morgan fingerprint density at radius 3 is 3.00 bits per heavy atom. The summed E-state index contributed by atoms with van der Waals surface area (Å²) in [5, 5.41) is 4.48. The predicted molar refractivity (Wildman–Crippen MR) is 94.5 cm³/mol. The number of halogens is 2. The topological polar surface area (TPSA) is 72.6 Å². The Kier molecular flexibility index (Phi) is 4.73. The molecule has 0 aliphatic carbocycles. The van der Waals surface area contributed by atoms with Crippen molar-refractivity contribution in [3.05, 3.63) is 40.8 Å². The second-order valence-corrected chi connectivity index (χ2v) is 7.34. The molecule has 27 heavy (non-hydrogen) atoms. The molecule has 4 heterocycles. The smallest absolute Gasteiger partial charge is 0.280 e. The van der Waals surface area contributed by atoms with Crippen LogP contribution >= 0.6 is 11.3 Å². The van der Waals surface area contributed by atoms with Gasteiger partial charge in [0.15, 0.2) is 5.06 Å². The molecule has 1 atom stereocenters. The van der Waals surface area contributed by atoms with E-state index in [4.69, 9.17) is 4.74 Å². The molecule has 0 N–H and O–H groups in total. The Labute approximate surface area is 157 Å². The third-order valence-electron chi connectivity index (χ3n) is 4.64. The van der Waals surface area contributed by atoms with Gasteiger partial charge in [-0.05, 0) is 31.0 Å². The highest BCUT2D eigenvalue weighted by Gasteiger charge is 2.29. The molecule has 3 aromatic rings. The minimum absolute atomic E-state index is 0.0781. The zero-order valence-corrected chi connectivity index (χ0v) is 15.3. The quantitative estimate of drug-likeness (QED) is 0.681. The summed E-state index contributed by atoms with van der Waals surface area (Å²) in [4.78, 5) is 23.4. The van der Waals surface area contributed by atoms with Gasteiger partial charge in [0.2, 0.25) is 0 Å². The lowest BCUT2D eigenvalue weighted by molar-refractivity contribution is 0.0710. The van der Waals surface area contributed by atoms with Crippen LogP contribution in [0.3, 0.4) is 0 Å². The highest BCUT2D eigenvalue weighted by Crippen LogP contribution is 2.31. The van der Waals surface area contributed by atoms with Crippen molar-refractivity contribution < 1.29 is 18.3 Å². The van der Waals surface area contributed by atoms with E-state index in [0.717, 1.165) is 17.4 Å². The number of carbonyl (C=O) groups excluding carboxylic acids is 1. The minimum Gasteiger partial charge on any atom is -0.487 e. The van der Waals surface area contributed by atoms with Gasteiger partial charge in [0.1, 0.15) is 12.0 Å². The van der Waals surface area contributed by atoms with E-state index in [0.29, 0.717) is 28.7 Å². The molecule has 3 aromatic heterocycles. The van der Waals surface area contributed by atoms with E-state index in [2.05, 4.69) is 15.1 Å². The molecule has 10 heteroatoms. The Morgan fingerprint density at radius 2 is 2.26 bits per heavy atom. The van der Waals surface area contributed by atoms with Gasteiger partial charge in [-0.2, -0.15) is 14.6 Å². The van der Waals surface area contributed by atoms with Gasteiger partial charge in [0.25, 0.3) is 18.1 Å². The summed E-state index contributed by atoms with van der Waals surface area (Å²) in [5.74, 6) is -0.0522. The lowest BCUT2D eigenvalue weighted by Gasteiger charge is -2.32. The Morgan fingerprint density at radius 1 is 1.41 bits per heavy atom. The zero-order valence-electron chi connectivity index (χ0n) is 14.5. The zero-order chi connectivity index (χ0) is 19.0. The predicted octanol–water partition coefficient (Wildman–Crippen LogP) is 3.15. The van der Waals surface area contributed by atoms with Gasteiger partial charge < -0.3 is 9.64 Å². The second kappa shape index (κ2) is 7.18. The van der Waals surface area contributed by atoms with Crippen LogP contribution in [0.5, 0.6) is 5.06 Å². The average molecular weight is 393 g/mol. The number of fused-ring (bicyclic) bond motifs is 1. The number of hydrogen-bond donors (Lipinski definition) is 0. The minimum atomic E-state index is -2.68. The van der Waals surface area contributed by atoms with Gasteiger partial charge in [-0.15, -0.1) is 0 Å². The molecule has 1 aliphatic rings. The number of amides is 1. The average Bonchev–Trinajstić information content (AvgIpc) is 3.35. The highest BCUT2D eigenvalue weighted by molar-refractivity contribution is 7.15. The molecule has 142 valence electrons. The molecule has 1 amide bonds. The van der Waals surface area contributed by atoms with Crippen molar-refractivity contribution in [1.82, 2.24) is 24.5 Å². The van der Waals surface area contributed by atoms with Crippen LogP contribution in [0.25, 0.3) is 5.78 Å². The summed E-state index contributed by atoms with van der Waals surface area (Å²) >= 11 is 1.29. The SMILES string of the molecule is COc1ccc(C(=O)N2CCC[C@@H](c3cc(C(F)F)n4ncnc4n3)C2)s1. The Bertz CT molecular complexity index is 973. The third kappa shape index (κ3) is 3.36. The Hall–Kier alpha value is -2.62. The fourth-order valence-electron chi connectivity index (χ4n) is 3.32. The summed E-state index contributed by atoms with van der Waals surface area (Å²) in [6.07, 6.45) is 0.0784. The van der Waals surface area contributed by atoms with Crippen LogP contribution in [0, 0.1) is 0 Å². The maximum Gasteiger partial charge on any atom is 0.280 e. The van der Waals surface area contributed by atoms with E-state index in [1.54, 1.807) is 24.1 Å². The fourth-order valence-corrected chi connectivity index (χ4v) is 4.11. The van der Waals surface area contributed by atoms with E-state index in [-0.39, 0.29) is 23.3 Å². The first kappa shape index (κ1) is 17.8. The molecule has 4 rings (SSSR count). The molecule has 0 radical (unpaired) electrons. The largest absolute Gasteiger partial charge is 0.487 e. The van der Waals surface area contributed by atoms with Gasteiger partial charge in [-0.25, -0.2) is 13.8 Å². The number of aromatic nitrogens is 4. The van der Waals surface area contributed by atoms with Crippen LogP contribution in [-0.4, -0.2) is 50.6 Å². The molecule has 1 fully saturated rings. The van der Waals surface area contributed by atoms with Crippen molar-refractivity contribution in [2.24, 2.45) is 0 Å². The molecule has 1 saturated heterocycles. The van der Waals surface area contributed by atoms with E-state index in [9.17, 15) is 13.6 Å². The first-order chi connectivity index (χ1) is 13.1. The van der Waals surface area contributed by atoms with Gasteiger partial charge in [-0.3, -0.25) is 4.79 Å². The molecule has 0 aromatic carbocycles. The molecular weight excluding hydrogens is 376 g/mol. The van der Waals surface area contributed by atoms with Crippen LogP contribution < -0.4 is 4.74 Å². The van der Waals surface area contributed by atoms with Crippen LogP contribution in [-0.2, 0) is 0 Å². The number of thiophene rings is 1. The first-order valence-electron chi connectivity index (χ1n) is 8.48. The number of carbonyl (C=O) groups is 1. The molecular formula is C17H17F2N5O2S. The van der Waals surface area contributed by atoms with E-state index < -0.39 is 6.43 Å².